The minimum atomic E-state index is -0.0376. The molecular weight excluding hydrogens is 483 g/mol. The van der Waals surface area contributed by atoms with Crippen LogP contribution in [0, 0.1) is 33.6 Å². The van der Waals surface area contributed by atoms with E-state index in [2.05, 4.69) is 43.4 Å². The second kappa shape index (κ2) is 13.5. The molecular formula is C32H45BN4O2. The van der Waals surface area contributed by atoms with Gasteiger partial charge in [0.2, 0.25) is 0 Å². The Bertz CT molecular complexity index is 1250. The highest BCUT2D eigenvalue weighted by atomic mass is 16.5. The molecule has 0 saturated carbocycles. The smallest absolute Gasteiger partial charge is 0.305 e. The van der Waals surface area contributed by atoms with Gasteiger partial charge in [0.25, 0.3) is 0 Å². The zero-order valence-electron chi connectivity index (χ0n) is 24.7. The van der Waals surface area contributed by atoms with E-state index < -0.39 is 0 Å². The average molecular weight is 529 g/mol. The number of esters is 1. The molecule has 4 rings (SSSR count). The van der Waals surface area contributed by atoms with E-state index in [1.165, 1.54) is 32.1 Å². The van der Waals surface area contributed by atoms with Gasteiger partial charge in [-0.25, -0.2) is 9.97 Å². The lowest BCUT2D eigenvalue weighted by atomic mass is 9.91. The van der Waals surface area contributed by atoms with E-state index in [9.17, 15) is 4.79 Å². The van der Waals surface area contributed by atoms with Crippen LogP contribution in [0.3, 0.4) is 0 Å². The van der Waals surface area contributed by atoms with Crippen LogP contribution in [0.2, 0.25) is 0 Å². The van der Waals surface area contributed by atoms with Gasteiger partial charge in [-0.3, -0.25) is 4.79 Å². The molecule has 6 nitrogen and oxygen atoms in total. The maximum atomic E-state index is 12.3. The van der Waals surface area contributed by atoms with Crippen molar-refractivity contribution in [2.45, 2.75) is 98.8 Å². The van der Waals surface area contributed by atoms with Gasteiger partial charge in [-0.2, -0.15) is 0 Å². The van der Waals surface area contributed by atoms with Gasteiger partial charge in [-0.1, -0.05) is 63.0 Å². The summed E-state index contributed by atoms with van der Waals surface area (Å²) in [4.78, 5) is 24.4. The number of unbranched alkanes of at least 4 members (excludes halogenated alkanes) is 6. The number of benzene rings is 1. The zero-order chi connectivity index (χ0) is 27.9. The fourth-order valence-electron chi connectivity index (χ4n) is 5.98. The summed E-state index contributed by atoms with van der Waals surface area (Å²) in [5.41, 5.74) is 6.27. The molecule has 1 saturated heterocycles. The highest BCUT2D eigenvalue weighted by molar-refractivity contribution is 6.32. The molecule has 0 amide bonds. The molecule has 3 heterocycles. The molecule has 1 aliphatic heterocycles. The molecule has 208 valence electrons. The Morgan fingerprint density at radius 2 is 1.59 bits per heavy atom. The Hall–Kier alpha value is -2.83. The van der Waals surface area contributed by atoms with Gasteiger partial charge >= 0.3 is 5.97 Å². The molecule has 2 aromatic heterocycles. The van der Waals surface area contributed by atoms with Crippen LogP contribution in [0.25, 0.3) is 16.7 Å². The Labute approximate surface area is 236 Å². The molecule has 0 bridgehead atoms. The standard InChI is InChI=1S/C32H45BN4O2/c1-6-7-8-9-10-11-12-13-28(38)39-21-26-14-16-36(17-15-26)31-29-24(4)20-37(32(29)35-25(5)34-31)30-22(2)18-27(33)19-23(30)3/h18-20,26H,6-17,21H2,1-5H3. The normalized spacial score (nSPS) is 14.3. The van der Waals surface area contributed by atoms with Crippen LogP contribution >= 0.6 is 0 Å². The molecule has 0 N–H and O–H groups in total. The number of fused-ring (bicyclic) bond motifs is 1. The first kappa shape index (κ1) is 29.2. The van der Waals surface area contributed by atoms with Gasteiger partial charge in [0.05, 0.1) is 17.7 Å². The quantitative estimate of drug-likeness (QED) is 0.156. The first-order valence-corrected chi connectivity index (χ1v) is 14.9. The number of aryl methyl sites for hydroxylation is 4. The second-order valence-electron chi connectivity index (χ2n) is 11.5. The van der Waals surface area contributed by atoms with E-state index in [1.807, 2.05) is 19.1 Å². The summed E-state index contributed by atoms with van der Waals surface area (Å²) in [6.45, 7) is 12.9. The third-order valence-electron chi connectivity index (χ3n) is 8.06. The Morgan fingerprint density at radius 1 is 0.949 bits per heavy atom. The van der Waals surface area contributed by atoms with Gasteiger partial charge < -0.3 is 14.2 Å². The van der Waals surface area contributed by atoms with Crippen molar-refractivity contribution in [2.75, 3.05) is 24.6 Å². The highest BCUT2D eigenvalue weighted by Crippen LogP contribution is 2.34. The highest BCUT2D eigenvalue weighted by Gasteiger charge is 2.25. The fourth-order valence-corrected chi connectivity index (χ4v) is 5.98. The third kappa shape index (κ3) is 7.23. The monoisotopic (exact) mass is 528 g/mol. The first-order chi connectivity index (χ1) is 18.8. The fraction of sp³-hybridized carbons (Fsp3) is 0.594. The van der Waals surface area contributed by atoms with Crippen molar-refractivity contribution in [1.29, 1.82) is 0 Å². The molecule has 39 heavy (non-hydrogen) atoms. The molecule has 0 spiro atoms. The molecule has 1 aromatic carbocycles. The van der Waals surface area contributed by atoms with Crippen molar-refractivity contribution in [2.24, 2.45) is 5.92 Å². The van der Waals surface area contributed by atoms with Gasteiger partial charge in [0.15, 0.2) is 5.65 Å². The summed E-state index contributed by atoms with van der Waals surface area (Å²) in [5.74, 6) is 2.14. The van der Waals surface area contributed by atoms with E-state index in [0.29, 0.717) is 18.9 Å². The Kier molecular flexibility index (Phi) is 10.1. The number of nitrogens with zero attached hydrogens (tertiary/aromatic N) is 4. The topological polar surface area (TPSA) is 60.2 Å². The summed E-state index contributed by atoms with van der Waals surface area (Å²) < 4.78 is 7.86. The number of hydrogen-bond acceptors (Lipinski definition) is 5. The van der Waals surface area contributed by atoms with Crippen molar-refractivity contribution in [1.82, 2.24) is 14.5 Å². The maximum Gasteiger partial charge on any atom is 0.305 e. The van der Waals surface area contributed by atoms with Crippen LogP contribution in [-0.2, 0) is 9.53 Å². The number of piperidine rings is 1. The number of anilines is 1. The second-order valence-corrected chi connectivity index (χ2v) is 11.5. The van der Waals surface area contributed by atoms with Crippen LogP contribution in [0.15, 0.2) is 18.3 Å². The molecule has 0 aliphatic carbocycles. The molecule has 0 unspecified atom stereocenters. The van der Waals surface area contributed by atoms with Gasteiger partial charge in [-0.05, 0) is 69.6 Å². The molecule has 2 radical (unpaired) electrons. The molecule has 3 aromatic rings. The van der Waals surface area contributed by atoms with E-state index in [-0.39, 0.29) is 5.97 Å². The van der Waals surface area contributed by atoms with Gasteiger partial charge in [-0.15, -0.1) is 0 Å². The van der Waals surface area contributed by atoms with E-state index in [0.717, 1.165) is 89.3 Å². The van der Waals surface area contributed by atoms with Crippen LogP contribution in [0.1, 0.15) is 93.6 Å². The average Bonchev–Trinajstić information content (AvgIpc) is 3.21. The van der Waals surface area contributed by atoms with Crippen LogP contribution in [0.4, 0.5) is 5.82 Å². The summed E-state index contributed by atoms with van der Waals surface area (Å²) >= 11 is 0. The lowest BCUT2D eigenvalue weighted by Gasteiger charge is -2.33. The lowest BCUT2D eigenvalue weighted by molar-refractivity contribution is -0.145. The molecule has 1 fully saturated rings. The predicted molar refractivity (Wildman–Crippen MR) is 162 cm³/mol. The molecule has 1 aliphatic rings. The van der Waals surface area contributed by atoms with E-state index in [1.54, 1.807) is 0 Å². The van der Waals surface area contributed by atoms with E-state index in [4.69, 9.17) is 22.6 Å². The largest absolute Gasteiger partial charge is 0.465 e. The summed E-state index contributed by atoms with van der Waals surface area (Å²) in [6.07, 6.45) is 13.2. The van der Waals surface area contributed by atoms with Crippen molar-refractivity contribution in [3.8, 4) is 5.69 Å². The molecule has 0 atom stereocenters. The number of rotatable bonds is 12. The summed E-state index contributed by atoms with van der Waals surface area (Å²) in [7, 11) is 6.10. The van der Waals surface area contributed by atoms with Crippen molar-refractivity contribution in [3.63, 3.8) is 0 Å². The number of hydrogen-bond donors (Lipinski definition) is 0. The third-order valence-corrected chi connectivity index (χ3v) is 8.06. The van der Waals surface area contributed by atoms with Crippen LogP contribution in [0.5, 0.6) is 0 Å². The minimum absolute atomic E-state index is 0.0376. The Morgan fingerprint density at radius 3 is 2.26 bits per heavy atom. The van der Waals surface area contributed by atoms with Crippen molar-refractivity contribution < 1.29 is 9.53 Å². The summed E-state index contributed by atoms with van der Waals surface area (Å²) in [6, 6.07) is 4.04. The van der Waals surface area contributed by atoms with Crippen molar-refractivity contribution in [3.05, 3.63) is 40.8 Å². The van der Waals surface area contributed by atoms with Crippen molar-refractivity contribution >= 4 is 36.1 Å². The lowest BCUT2D eigenvalue weighted by Crippen LogP contribution is -2.36. The zero-order valence-corrected chi connectivity index (χ0v) is 24.7. The van der Waals surface area contributed by atoms with Crippen LogP contribution < -0.4 is 10.4 Å². The number of aromatic nitrogens is 3. The van der Waals surface area contributed by atoms with E-state index >= 15 is 0 Å². The minimum Gasteiger partial charge on any atom is -0.465 e. The maximum absolute atomic E-state index is 12.3. The van der Waals surface area contributed by atoms with Gasteiger partial charge in [0, 0.05) is 25.7 Å². The number of carbonyl (C=O) groups is 1. The number of carbonyl (C=O) groups excluding carboxylic acids is 1. The SMILES string of the molecule is [B]c1cc(C)c(-n2cc(C)c3c(N4CCC(COC(=O)CCCCCCCCC)CC4)nc(C)nc32)c(C)c1. The number of ether oxygens (including phenoxy) is 1. The predicted octanol–water partition coefficient (Wildman–Crippen LogP) is 6.35. The Balaban J connectivity index is 1.36. The first-order valence-electron chi connectivity index (χ1n) is 14.9. The summed E-state index contributed by atoms with van der Waals surface area (Å²) in [5, 5.41) is 1.11. The van der Waals surface area contributed by atoms with Gasteiger partial charge in [0.1, 0.15) is 19.5 Å². The van der Waals surface area contributed by atoms with Crippen LogP contribution in [-0.4, -0.2) is 48.0 Å². The molecule has 7 heteroatoms.